The van der Waals surface area contributed by atoms with E-state index in [0.29, 0.717) is 16.5 Å². The Bertz CT molecular complexity index is 1260. The van der Waals surface area contributed by atoms with E-state index in [2.05, 4.69) is 15.2 Å². The van der Waals surface area contributed by atoms with Crippen LogP contribution in [-0.2, 0) is 11.3 Å². The van der Waals surface area contributed by atoms with Crippen LogP contribution in [0.15, 0.2) is 44.2 Å². The molecule has 4 aromatic rings. The van der Waals surface area contributed by atoms with Gasteiger partial charge < -0.3 is 13.6 Å². The predicted molar refractivity (Wildman–Crippen MR) is 103 cm³/mol. The average molecular weight is 415 g/mol. The third-order valence-electron chi connectivity index (χ3n) is 4.20. The second kappa shape index (κ2) is 7.51. The highest BCUT2D eigenvalue weighted by Crippen LogP contribution is 2.23. The quantitative estimate of drug-likeness (QED) is 0.457. The summed E-state index contributed by atoms with van der Waals surface area (Å²) in [4.78, 5) is 29.3. The van der Waals surface area contributed by atoms with Crippen LogP contribution in [0.4, 0.5) is 0 Å². The fraction of sp³-hybridized carbons (Fsp3) is 0.211. The van der Waals surface area contributed by atoms with Crippen molar-refractivity contribution < 1.29 is 18.4 Å². The van der Waals surface area contributed by atoms with Crippen LogP contribution in [0.2, 0.25) is 5.02 Å². The molecule has 10 heteroatoms. The number of fused-ring (bicyclic) bond motifs is 1. The fourth-order valence-corrected chi connectivity index (χ4v) is 3.00. The lowest BCUT2D eigenvalue weighted by Crippen LogP contribution is -2.22. The molecule has 0 fully saturated rings. The highest BCUT2D eigenvalue weighted by molar-refractivity contribution is 6.30. The molecule has 9 nitrogen and oxygen atoms in total. The zero-order chi connectivity index (χ0) is 20.5. The first-order chi connectivity index (χ1) is 14.0. The van der Waals surface area contributed by atoms with Crippen LogP contribution < -0.4 is 5.56 Å². The van der Waals surface area contributed by atoms with Crippen molar-refractivity contribution in [2.45, 2.75) is 20.4 Å². The molecule has 29 heavy (non-hydrogen) atoms. The fourth-order valence-electron chi connectivity index (χ4n) is 2.87. The van der Waals surface area contributed by atoms with Crippen molar-refractivity contribution in [3.8, 4) is 11.5 Å². The van der Waals surface area contributed by atoms with Crippen molar-refractivity contribution >= 4 is 28.7 Å². The minimum absolute atomic E-state index is 0.0190. The predicted octanol–water partition coefficient (Wildman–Crippen LogP) is 3.23. The van der Waals surface area contributed by atoms with E-state index in [1.54, 1.807) is 38.1 Å². The van der Waals surface area contributed by atoms with E-state index in [1.807, 2.05) is 0 Å². The van der Waals surface area contributed by atoms with E-state index in [4.69, 9.17) is 25.2 Å². The summed E-state index contributed by atoms with van der Waals surface area (Å²) in [6, 6.07) is 6.92. The van der Waals surface area contributed by atoms with Crippen LogP contribution >= 0.6 is 11.6 Å². The first-order valence-corrected chi connectivity index (χ1v) is 9.09. The Balaban J connectivity index is 1.69. The standard InChI is InChI=1S/C19H15ClN4O5/c1-3-27-19(26)14-10(2)28-17-15(14)18(25)24(9-21-17)8-13-22-23-16(29-13)11-4-6-12(20)7-5-11/h4-7,9H,3,8H2,1-2H3. The third-order valence-corrected chi connectivity index (χ3v) is 4.45. The molecule has 0 radical (unpaired) electrons. The number of ether oxygens (including phenoxy) is 1. The molecule has 1 aromatic carbocycles. The molecule has 4 rings (SSSR count). The highest BCUT2D eigenvalue weighted by Gasteiger charge is 2.24. The number of carbonyl (C=O) groups excluding carboxylic acids is 1. The molecule has 3 heterocycles. The van der Waals surface area contributed by atoms with Gasteiger partial charge in [-0.05, 0) is 38.1 Å². The molecule has 0 bridgehead atoms. The molecule has 148 valence electrons. The van der Waals surface area contributed by atoms with Crippen LogP contribution in [0.1, 0.15) is 28.9 Å². The normalized spacial score (nSPS) is 11.1. The molecular formula is C19H15ClN4O5. The highest BCUT2D eigenvalue weighted by atomic mass is 35.5. The van der Waals surface area contributed by atoms with Crippen molar-refractivity contribution in [3.63, 3.8) is 0 Å². The number of aromatic nitrogens is 4. The van der Waals surface area contributed by atoms with Crippen molar-refractivity contribution in [1.82, 2.24) is 19.7 Å². The maximum absolute atomic E-state index is 12.9. The summed E-state index contributed by atoms with van der Waals surface area (Å²) >= 11 is 5.88. The Hall–Kier alpha value is -3.46. The lowest BCUT2D eigenvalue weighted by Gasteiger charge is -2.03. The molecule has 0 aliphatic rings. The Labute approximate surface area is 168 Å². The number of nitrogens with zero attached hydrogens (tertiary/aromatic N) is 4. The van der Waals surface area contributed by atoms with Gasteiger partial charge in [-0.2, -0.15) is 0 Å². The van der Waals surface area contributed by atoms with Crippen molar-refractivity contribution in [2.24, 2.45) is 0 Å². The summed E-state index contributed by atoms with van der Waals surface area (Å²) in [5.41, 5.74) is 0.366. The minimum atomic E-state index is -0.636. The molecule has 0 spiro atoms. The maximum Gasteiger partial charge on any atom is 0.342 e. The summed E-state index contributed by atoms with van der Waals surface area (Å²) in [5.74, 6) is 0.132. The van der Waals surface area contributed by atoms with Crippen LogP contribution in [0.5, 0.6) is 0 Å². The zero-order valence-electron chi connectivity index (χ0n) is 15.5. The van der Waals surface area contributed by atoms with Crippen molar-refractivity contribution in [1.29, 1.82) is 0 Å². The molecule has 0 N–H and O–H groups in total. The molecular weight excluding hydrogens is 400 g/mol. The van der Waals surface area contributed by atoms with Gasteiger partial charge in [-0.15, -0.1) is 10.2 Å². The van der Waals surface area contributed by atoms with Crippen LogP contribution in [0.3, 0.4) is 0 Å². The monoisotopic (exact) mass is 414 g/mol. The van der Waals surface area contributed by atoms with Gasteiger partial charge in [-0.1, -0.05) is 11.6 Å². The third kappa shape index (κ3) is 3.52. The first-order valence-electron chi connectivity index (χ1n) is 8.72. The lowest BCUT2D eigenvalue weighted by molar-refractivity contribution is 0.0526. The van der Waals surface area contributed by atoms with Crippen molar-refractivity contribution in [2.75, 3.05) is 6.61 Å². The second-order valence-electron chi connectivity index (χ2n) is 6.12. The van der Waals surface area contributed by atoms with E-state index in [-0.39, 0.29) is 41.5 Å². The topological polar surface area (TPSA) is 113 Å². The molecule has 3 aromatic heterocycles. The van der Waals surface area contributed by atoms with E-state index >= 15 is 0 Å². The van der Waals surface area contributed by atoms with Gasteiger partial charge in [0, 0.05) is 10.6 Å². The van der Waals surface area contributed by atoms with Crippen molar-refractivity contribution in [3.05, 3.63) is 63.2 Å². The number of hydrogen-bond acceptors (Lipinski definition) is 8. The number of halogens is 1. The van der Waals surface area contributed by atoms with Crippen LogP contribution in [0, 0.1) is 6.92 Å². The van der Waals surface area contributed by atoms with E-state index in [0.717, 1.165) is 0 Å². The number of rotatable bonds is 5. The maximum atomic E-state index is 12.9. The number of hydrogen-bond donors (Lipinski definition) is 0. The molecule has 0 saturated carbocycles. The van der Waals surface area contributed by atoms with Gasteiger partial charge in [-0.25, -0.2) is 9.78 Å². The molecule has 0 unspecified atom stereocenters. The average Bonchev–Trinajstić information content (AvgIpc) is 3.29. The van der Waals surface area contributed by atoms with E-state index < -0.39 is 11.5 Å². The summed E-state index contributed by atoms with van der Waals surface area (Å²) < 4.78 is 17.4. The van der Waals surface area contributed by atoms with E-state index in [9.17, 15) is 9.59 Å². The van der Waals surface area contributed by atoms with Crippen LogP contribution in [0.25, 0.3) is 22.6 Å². The lowest BCUT2D eigenvalue weighted by atomic mass is 10.2. The Morgan fingerprint density at radius 1 is 1.21 bits per heavy atom. The number of esters is 1. The van der Waals surface area contributed by atoms with Gasteiger partial charge in [0.05, 0.1) is 6.61 Å². The number of furan rings is 1. The van der Waals surface area contributed by atoms with Crippen LogP contribution in [-0.4, -0.2) is 32.3 Å². The number of carbonyl (C=O) groups is 1. The second-order valence-corrected chi connectivity index (χ2v) is 6.56. The Kier molecular flexibility index (Phi) is 4.89. The summed E-state index contributed by atoms with van der Waals surface area (Å²) in [5, 5.41) is 8.61. The number of aryl methyl sites for hydroxylation is 1. The largest absolute Gasteiger partial charge is 0.462 e. The summed E-state index contributed by atoms with van der Waals surface area (Å²) in [6.07, 6.45) is 1.30. The Morgan fingerprint density at radius 3 is 2.69 bits per heavy atom. The molecule has 0 atom stereocenters. The van der Waals surface area contributed by atoms with Gasteiger partial charge in [0.2, 0.25) is 17.5 Å². The SMILES string of the molecule is CCOC(=O)c1c(C)oc2ncn(Cc3nnc(-c4ccc(Cl)cc4)o3)c(=O)c12. The van der Waals surface area contributed by atoms with Gasteiger partial charge in [0.15, 0.2) is 0 Å². The van der Waals surface area contributed by atoms with Gasteiger partial charge >= 0.3 is 5.97 Å². The van der Waals surface area contributed by atoms with Gasteiger partial charge in [-0.3, -0.25) is 9.36 Å². The summed E-state index contributed by atoms with van der Waals surface area (Å²) in [7, 11) is 0. The van der Waals surface area contributed by atoms with Gasteiger partial charge in [0.25, 0.3) is 5.56 Å². The molecule has 0 aliphatic carbocycles. The zero-order valence-corrected chi connectivity index (χ0v) is 16.3. The molecule has 0 aliphatic heterocycles. The number of benzene rings is 1. The Morgan fingerprint density at radius 2 is 1.97 bits per heavy atom. The van der Waals surface area contributed by atoms with Gasteiger partial charge in [0.1, 0.15) is 29.6 Å². The molecule has 0 saturated heterocycles. The first kappa shape index (κ1) is 18.9. The molecule has 0 amide bonds. The smallest absolute Gasteiger partial charge is 0.342 e. The van der Waals surface area contributed by atoms with E-state index in [1.165, 1.54) is 10.9 Å². The minimum Gasteiger partial charge on any atom is -0.462 e. The summed E-state index contributed by atoms with van der Waals surface area (Å²) in [6.45, 7) is 3.41.